The molecule has 0 bridgehead atoms. The van der Waals surface area contributed by atoms with Crippen molar-refractivity contribution >= 4 is 11.9 Å². The van der Waals surface area contributed by atoms with Crippen LogP contribution in [-0.2, 0) is 14.3 Å². The highest BCUT2D eigenvalue weighted by Crippen LogP contribution is 2.17. The maximum Gasteiger partial charge on any atom is 0.306 e. The molecule has 0 fully saturated rings. The second kappa shape index (κ2) is 48.6. The highest BCUT2D eigenvalue weighted by atomic mass is 16.5. The highest BCUT2D eigenvalue weighted by molar-refractivity contribution is 5.77. The van der Waals surface area contributed by atoms with Crippen molar-refractivity contribution in [2.45, 2.75) is 270 Å². The molecule has 0 radical (unpaired) electrons. The third-order valence-corrected chi connectivity index (χ3v) is 11.7. The molecule has 0 heterocycles. The lowest BCUT2D eigenvalue weighted by Gasteiger charge is -2.24. The first kappa shape index (κ1) is 58.6. The first-order chi connectivity index (χ1) is 30.0. The Kier molecular flexibility index (Phi) is 46.6. The van der Waals surface area contributed by atoms with E-state index in [0.717, 1.165) is 44.9 Å². The second-order valence-electron chi connectivity index (χ2n) is 17.7. The first-order valence-corrected chi connectivity index (χ1v) is 26.1. The molecule has 0 aromatic carbocycles. The fourth-order valence-electron chi connectivity index (χ4n) is 7.81. The Morgan fingerprint density at radius 3 is 1.25 bits per heavy atom. The Balaban J connectivity index is 4.55. The summed E-state index contributed by atoms with van der Waals surface area (Å²) in [6.45, 7) is 6.31. The van der Waals surface area contributed by atoms with E-state index in [0.29, 0.717) is 19.3 Å². The van der Waals surface area contributed by atoms with E-state index in [4.69, 9.17) is 4.74 Å². The molecule has 3 N–H and O–H groups in total. The van der Waals surface area contributed by atoms with Crippen molar-refractivity contribution in [3.63, 3.8) is 0 Å². The van der Waals surface area contributed by atoms with Crippen LogP contribution < -0.4 is 5.32 Å². The number of unbranched alkanes of at least 4 members (excludes halogenated alkanes) is 29. The van der Waals surface area contributed by atoms with Crippen LogP contribution in [0, 0.1) is 0 Å². The Morgan fingerprint density at radius 2 is 0.852 bits per heavy atom. The van der Waals surface area contributed by atoms with Crippen LogP contribution in [0.1, 0.15) is 252 Å². The quantitative estimate of drug-likeness (QED) is 0.0322. The topological polar surface area (TPSA) is 95.9 Å². The van der Waals surface area contributed by atoms with Crippen LogP contribution in [-0.4, -0.2) is 46.9 Å². The van der Waals surface area contributed by atoms with Crippen LogP contribution in [0.5, 0.6) is 0 Å². The molecule has 0 aromatic heterocycles. The van der Waals surface area contributed by atoms with Crippen molar-refractivity contribution in [3.05, 3.63) is 60.8 Å². The summed E-state index contributed by atoms with van der Waals surface area (Å²) in [5.41, 5.74) is 0. The fourth-order valence-corrected chi connectivity index (χ4v) is 7.81. The van der Waals surface area contributed by atoms with Gasteiger partial charge in [-0.1, -0.05) is 274 Å². The standard InChI is InChI=1S/C55H99NO5/c1-4-7-10-13-16-19-22-24-25-26-27-28-29-30-33-36-39-42-45-48-55(60)61-51(46-43-40-37-34-31-21-18-15-12-9-6-3)49-54(59)56-52(50-57)53(58)47-44-41-38-35-32-23-20-17-14-11-8-5-2/h9,12,15,18,21,31,34,37,40,43,51-53,57-58H,4-8,10-11,13-14,16-17,19-20,22-30,32-33,35-36,38-39,41-42,44-50H2,1-3H3,(H,56,59)/b12-9+,18-15+,31-21-,37-34-,43-40+. The van der Waals surface area contributed by atoms with E-state index in [1.165, 1.54) is 161 Å². The normalized spacial score (nSPS) is 13.7. The van der Waals surface area contributed by atoms with Crippen LogP contribution in [0.25, 0.3) is 0 Å². The van der Waals surface area contributed by atoms with Gasteiger partial charge in [-0.2, -0.15) is 0 Å². The van der Waals surface area contributed by atoms with Gasteiger partial charge in [0.25, 0.3) is 0 Å². The minimum atomic E-state index is -0.817. The minimum absolute atomic E-state index is 0.0171. The van der Waals surface area contributed by atoms with Crippen molar-refractivity contribution < 1.29 is 24.5 Å². The van der Waals surface area contributed by atoms with E-state index in [1.807, 2.05) is 54.7 Å². The molecule has 0 aliphatic carbocycles. The average Bonchev–Trinajstić information content (AvgIpc) is 3.25. The number of esters is 1. The van der Waals surface area contributed by atoms with Gasteiger partial charge in [0.15, 0.2) is 0 Å². The first-order valence-electron chi connectivity index (χ1n) is 26.1. The van der Waals surface area contributed by atoms with Gasteiger partial charge >= 0.3 is 5.97 Å². The SMILES string of the molecule is CC/C=C/C=C/C=C\C=C/C=C/CC(CC(=O)NC(CO)C(O)CCCCCCCCCCCCCC)OC(=O)CCCCCCCCCCCCCCCCCCCCC. The average molecular weight is 854 g/mol. The van der Waals surface area contributed by atoms with Crippen molar-refractivity contribution in [1.82, 2.24) is 5.32 Å². The summed E-state index contributed by atoms with van der Waals surface area (Å²) in [6, 6.07) is -0.738. The van der Waals surface area contributed by atoms with Crippen LogP contribution in [0.15, 0.2) is 60.8 Å². The summed E-state index contributed by atoms with van der Waals surface area (Å²) >= 11 is 0. The number of aliphatic hydroxyl groups excluding tert-OH is 2. The number of nitrogens with one attached hydrogen (secondary N) is 1. The molecule has 6 heteroatoms. The van der Waals surface area contributed by atoms with Crippen LogP contribution in [0.2, 0.25) is 0 Å². The number of hydrogen-bond acceptors (Lipinski definition) is 5. The Morgan fingerprint density at radius 1 is 0.492 bits per heavy atom. The van der Waals surface area contributed by atoms with E-state index in [2.05, 4.69) is 32.2 Å². The van der Waals surface area contributed by atoms with E-state index >= 15 is 0 Å². The zero-order valence-electron chi connectivity index (χ0n) is 40.3. The molecule has 0 aromatic rings. The van der Waals surface area contributed by atoms with E-state index in [1.54, 1.807) is 0 Å². The summed E-state index contributed by atoms with van der Waals surface area (Å²) in [5, 5.41) is 23.7. The summed E-state index contributed by atoms with van der Waals surface area (Å²) < 4.78 is 5.84. The number of aliphatic hydroxyl groups is 2. The monoisotopic (exact) mass is 854 g/mol. The highest BCUT2D eigenvalue weighted by Gasteiger charge is 2.23. The number of carbonyl (C=O) groups is 2. The van der Waals surface area contributed by atoms with E-state index < -0.39 is 18.2 Å². The summed E-state index contributed by atoms with van der Waals surface area (Å²) in [4.78, 5) is 26.1. The van der Waals surface area contributed by atoms with Crippen LogP contribution >= 0.6 is 0 Å². The lowest BCUT2D eigenvalue weighted by Crippen LogP contribution is -2.46. The van der Waals surface area contributed by atoms with Gasteiger partial charge in [-0.05, 0) is 19.3 Å². The van der Waals surface area contributed by atoms with Crippen molar-refractivity contribution in [2.75, 3.05) is 6.61 Å². The zero-order chi connectivity index (χ0) is 44.5. The van der Waals surface area contributed by atoms with Crippen molar-refractivity contribution in [1.29, 1.82) is 0 Å². The van der Waals surface area contributed by atoms with Crippen molar-refractivity contribution in [3.8, 4) is 0 Å². The fraction of sp³-hybridized carbons (Fsp3) is 0.782. The Bertz CT molecular complexity index is 1090. The molecular weight excluding hydrogens is 755 g/mol. The maximum atomic E-state index is 13.1. The molecule has 3 atom stereocenters. The van der Waals surface area contributed by atoms with Gasteiger partial charge in [0.05, 0.1) is 25.2 Å². The number of ether oxygens (including phenoxy) is 1. The molecule has 0 rings (SSSR count). The molecule has 354 valence electrons. The molecule has 61 heavy (non-hydrogen) atoms. The van der Waals surface area contributed by atoms with Crippen LogP contribution in [0.3, 0.4) is 0 Å². The number of allylic oxidation sites excluding steroid dienone is 9. The van der Waals surface area contributed by atoms with Gasteiger partial charge < -0.3 is 20.3 Å². The largest absolute Gasteiger partial charge is 0.461 e. The van der Waals surface area contributed by atoms with Crippen LogP contribution in [0.4, 0.5) is 0 Å². The number of rotatable bonds is 46. The lowest BCUT2D eigenvalue weighted by atomic mass is 10.0. The third-order valence-electron chi connectivity index (χ3n) is 11.7. The molecule has 6 nitrogen and oxygen atoms in total. The van der Waals surface area contributed by atoms with Crippen molar-refractivity contribution in [2.24, 2.45) is 0 Å². The molecule has 0 aliphatic rings. The maximum absolute atomic E-state index is 13.1. The summed E-state index contributed by atoms with van der Waals surface area (Å²) in [7, 11) is 0. The van der Waals surface area contributed by atoms with Gasteiger partial charge in [0.1, 0.15) is 6.10 Å². The molecular formula is C55H99NO5. The predicted molar refractivity (Wildman–Crippen MR) is 264 cm³/mol. The molecule has 0 saturated heterocycles. The Hall–Kier alpha value is -2.44. The zero-order valence-corrected chi connectivity index (χ0v) is 40.3. The van der Waals surface area contributed by atoms with Gasteiger partial charge in [-0.3, -0.25) is 9.59 Å². The minimum Gasteiger partial charge on any atom is -0.461 e. The Labute approximate surface area is 378 Å². The number of amides is 1. The summed E-state index contributed by atoms with van der Waals surface area (Å²) in [5.74, 6) is -0.601. The van der Waals surface area contributed by atoms with Gasteiger partial charge in [-0.15, -0.1) is 0 Å². The summed E-state index contributed by atoms with van der Waals surface area (Å²) in [6.07, 6.45) is 60.3. The second-order valence-corrected chi connectivity index (χ2v) is 17.7. The third kappa shape index (κ3) is 44.0. The van der Waals surface area contributed by atoms with E-state index in [-0.39, 0.29) is 24.9 Å². The molecule has 0 saturated carbocycles. The molecule has 3 unspecified atom stereocenters. The molecule has 0 spiro atoms. The van der Waals surface area contributed by atoms with Gasteiger partial charge in [0.2, 0.25) is 5.91 Å². The lowest BCUT2D eigenvalue weighted by molar-refractivity contribution is -0.150. The number of hydrogen-bond donors (Lipinski definition) is 3. The predicted octanol–water partition coefficient (Wildman–Crippen LogP) is 15.6. The smallest absolute Gasteiger partial charge is 0.306 e. The molecule has 0 aliphatic heterocycles. The van der Waals surface area contributed by atoms with E-state index in [9.17, 15) is 19.8 Å². The number of carbonyl (C=O) groups excluding carboxylic acids is 2. The van der Waals surface area contributed by atoms with Gasteiger partial charge in [0, 0.05) is 12.8 Å². The molecule has 1 amide bonds. The van der Waals surface area contributed by atoms with Gasteiger partial charge in [-0.25, -0.2) is 0 Å².